The third kappa shape index (κ3) is 5.41. The molecule has 1 heterocycles. The van der Waals surface area contributed by atoms with E-state index in [4.69, 9.17) is 13.8 Å². The summed E-state index contributed by atoms with van der Waals surface area (Å²) in [6, 6.07) is 10.5. The van der Waals surface area contributed by atoms with Gasteiger partial charge in [0, 0.05) is 0 Å². The van der Waals surface area contributed by atoms with Crippen molar-refractivity contribution in [2.75, 3.05) is 19.4 Å². The van der Waals surface area contributed by atoms with Crippen molar-refractivity contribution in [2.24, 2.45) is 0 Å². The van der Waals surface area contributed by atoms with Gasteiger partial charge in [0.15, 0.2) is 5.72 Å². The van der Waals surface area contributed by atoms with Gasteiger partial charge in [0.2, 0.25) is 0 Å². The Bertz CT molecular complexity index is 1060. The fourth-order valence-electron chi connectivity index (χ4n) is 3.71. The van der Waals surface area contributed by atoms with Gasteiger partial charge in [-0.1, -0.05) is 24.3 Å². The van der Waals surface area contributed by atoms with Gasteiger partial charge in [-0.05, 0) is 50.6 Å². The lowest BCUT2D eigenvalue weighted by atomic mass is 10.1. The number of alkyl halides is 3. The van der Waals surface area contributed by atoms with Crippen molar-refractivity contribution in [3.8, 4) is 0 Å². The lowest BCUT2D eigenvalue weighted by Gasteiger charge is -2.38. The Morgan fingerprint density at radius 1 is 0.882 bits per heavy atom. The van der Waals surface area contributed by atoms with E-state index in [1.165, 1.54) is 31.2 Å². The molecule has 3 rings (SSSR count). The maximum absolute atomic E-state index is 13.3. The Hall–Kier alpha value is -2.52. The van der Waals surface area contributed by atoms with Crippen molar-refractivity contribution in [1.29, 1.82) is 0 Å². The van der Waals surface area contributed by atoms with Gasteiger partial charge in [-0.25, -0.2) is 4.90 Å². The molecular formula is C23H25F3NO6P. The summed E-state index contributed by atoms with van der Waals surface area (Å²) in [5, 5.41) is 0. The fourth-order valence-corrected chi connectivity index (χ4v) is 5.70. The predicted molar refractivity (Wildman–Crippen MR) is 117 cm³/mol. The van der Waals surface area contributed by atoms with Crippen LogP contribution in [0.1, 0.15) is 52.6 Å². The molecule has 1 atom stereocenters. The van der Waals surface area contributed by atoms with Crippen LogP contribution in [0.2, 0.25) is 0 Å². The van der Waals surface area contributed by atoms with Crippen molar-refractivity contribution in [3.63, 3.8) is 0 Å². The molecular weight excluding hydrogens is 474 g/mol. The summed E-state index contributed by atoms with van der Waals surface area (Å²) in [5.41, 5.74) is -1.91. The highest BCUT2D eigenvalue weighted by Gasteiger charge is 2.51. The van der Waals surface area contributed by atoms with Crippen LogP contribution >= 0.6 is 7.60 Å². The summed E-state index contributed by atoms with van der Waals surface area (Å²) in [6.45, 7) is 4.48. The largest absolute Gasteiger partial charge is 0.416 e. The number of hydrogen-bond donors (Lipinski definition) is 0. The van der Waals surface area contributed by atoms with Crippen LogP contribution in [-0.2, 0) is 31.1 Å². The Morgan fingerprint density at radius 2 is 1.38 bits per heavy atom. The molecule has 0 bridgehead atoms. The minimum Gasteiger partial charge on any atom is -0.350 e. The molecule has 0 spiro atoms. The number of imide groups is 1. The average Bonchev–Trinajstić information content (AvgIpc) is 3.03. The summed E-state index contributed by atoms with van der Waals surface area (Å²) in [6.07, 6.45) is -4.95. The average molecular weight is 499 g/mol. The van der Waals surface area contributed by atoms with Gasteiger partial charge in [-0.2, -0.15) is 13.2 Å². The van der Waals surface area contributed by atoms with Crippen molar-refractivity contribution >= 4 is 19.4 Å². The lowest BCUT2D eigenvalue weighted by molar-refractivity contribution is -0.137. The van der Waals surface area contributed by atoms with Gasteiger partial charge >= 0.3 is 13.8 Å². The summed E-state index contributed by atoms with van der Waals surface area (Å²) >= 11 is 0. The Kier molecular flexibility index (Phi) is 7.67. The second-order valence-corrected chi connectivity index (χ2v) is 9.81. The summed E-state index contributed by atoms with van der Waals surface area (Å²) in [5.74, 6) is -1.29. The van der Waals surface area contributed by atoms with Crippen LogP contribution < -0.4 is 0 Å². The molecule has 184 valence electrons. The molecule has 0 radical (unpaired) electrons. The zero-order valence-electron chi connectivity index (χ0n) is 18.9. The van der Waals surface area contributed by atoms with E-state index in [1.54, 1.807) is 26.0 Å². The van der Waals surface area contributed by atoms with E-state index in [0.717, 1.165) is 17.0 Å². The first kappa shape index (κ1) is 26.1. The number of benzene rings is 2. The van der Waals surface area contributed by atoms with Gasteiger partial charge in [-0.3, -0.25) is 14.2 Å². The number of rotatable bonds is 10. The SMILES string of the molecule is CCOP(=O)(CC(C)(OCc1ccc(C(F)(F)F)cc1)N1C(=O)c2ccccc2C1=O)OCC. The first-order valence-electron chi connectivity index (χ1n) is 10.6. The lowest BCUT2D eigenvalue weighted by Crippen LogP contribution is -2.54. The smallest absolute Gasteiger partial charge is 0.350 e. The van der Waals surface area contributed by atoms with E-state index in [9.17, 15) is 27.3 Å². The summed E-state index contributed by atoms with van der Waals surface area (Å²) in [4.78, 5) is 27.2. The number of halogens is 3. The first-order valence-corrected chi connectivity index (χ1v) is 12.3. The molecule has 0 N–H and O–H groups in total. The number of ether oxygens (including phenoxy) is 1. The molecule has 2 aromatic carbocycles. The topological polar surface area (TPSA) is 82.1 Å². The predicted octanol–water partition coefficient (Wildman–Crippen LogP) is 5.50. The van der Waals surface area contributed by atoms with Crippen molar-refractivity contribution in [1.82, 2.24) is 4.90 Å². The van der Waals surface area contributed by atoms with Crippen LogP contribution in [0, 0.1) is 0 Å². The van der Waals surface area contributed by atoms with Gasteiger partial charge < -0.3 is 13.8 Å². The molecule has 2 aromatic rings. The number of carbonyl (C=O) groups is 2. The zero-order valence-corrected chi connectivity index (χ0v) is 19.8. The fraction of sp³-hybridized carbons (Fsp3) is 0.391. The second kappa shape index (κ2) is 10.00. The van der Waals surface area contributed by atoms with E-state index in [0.29, 0.717) is 5.56 Å². The maximum atomic E-state index is 13.3. The van der Waals surface area contributed by atoms with Crippen molar-refractivity contribution in [3.05, 3.63) is 70.8 Å². The van der Waals surface area contributed by atoms with Crippen LogP contribution in [0.5, 0.6) is 0 Å². The first-order chi connectivity index (χ1) is 15.9. The third-order valence-corrected chi connectivity index (χ3v) is 7.51. The number of nitrogens with zero attached hydrogens (tertiary/aromatic N) is 1. The van der Waals surface area contributed by atoms with Crippen molar-refractivity contribution < 1.29 is 41.1 Å². The molecule has 0 saturated heterocycles. The van der Waals surface area contributed by atoms with Gasteiger partial charge in [0.25, 0.3) is 11.8 Å². The molecule has 1 unspecified atom stereocenters. The van der Waals surface area contributed by atoms with E-state index >= 15 is 0 Å². The Balaban J connectivity index is 1.95. The molecule has 7 nitrogen and oxygen atoms in total. The standard InChI is InChI=1S/C23H25F3NO6P/c1-4-32-34(30,33-5-2)15-22(3,27-20(28)18-8-6-7-9-19(18)21(27)29)31-14-16-10-12-17(13-11-16)23(24,25)26/h6-13H,4-5,14-15H2,1-3H3. The van der Waals surface area contributed by atoms with Gasteiger partial charge in [-0.15, -0.1) is 0 Å². The normalized spacial score (nSPS) is 16.0. The third-order valence-electron chi connectivity index (χ3n) is 5.24. The number of carbonyl (C=O) groups excluding carboxylic acids is 2. The van der Waals surface area contributed by atoms with Crippen LogP contribution in [-0.4, -0.2) is 41.8 Å². The van der Waals surface area contributed by atoms with E-state index < -0.39 is 43.0 Å². The van der Waals surface area contributed by atoms with Crippen LogP contribution in [0.15, 0.2) is 48.5 Å². The van der Waals surface area contributed by atoms with Gasteiger partial charge in [0.05, 0.1) is 42.7 Å². The second-order valence-electron chi connectivity index (χ2n) is 7.75. The molecule has 1 aliphatic heterocycles. The van der Waals surface area contributed by atoms with E-state index in [2.05, 4.69) is 0 Å². The maximum Gasteiger partial charge on any atom is 0.416 e. The summed E-state index contributed by atoms with van der Waals surface area (Å²) in [7, 11) is -3.81. The van der Waals surface area contributed by atoms with Crippen LogP contribution in [0.25, 0.3) is 0 Å². The molecule has 2 amide bonds. The van der Waals surface area contributed by atoms with Crippen molar-refractivity contribution in [2.45, 2.75) is 39.3 Å². The zero-order chi connectivity index (χ0) is 25.1. The highest BCUT2D eigenvalue weighted by molar-refractivity contribution is 7.53. The minimum atomic E-state index is -4.49. The molecule has 11 heteroatoms. The molecule has 0 fully saturated rings. The van der Waals surface area contributed by atoms with E-state index in [1.807, 2.05) is 0 Å². The molecule has 0 saturated carbocycles. The highest BCUT2D eigenvalue weighted by Crippen LogP contribution is 2.52. The monoisotopic (exact) mass is 499 g/mol. The van der Waals surface area contributed by atoms with E-state index in [-0.39, 0.29) is 30.9 Å². The van der Waals surface area contributed by atoms with Gasteiger partial charge in [0.1, 0.15) is 0 Å². The number of amides is 2. The van der Waals surface area contributed by atoms with Crippen LogP contribution in [0.4, 0.5) is 13.2 Å². The number of fused-ring (bicyclic) bond motifs is 1. The Morgan fingerprint density at radius 3 is 1.82 bits per heavy atom. The quantitative estimate of drug-likeness (QED) is 0.317. The molecule has 1 aliphatic rings. The number of hydrogen-bond acceptors (Lipinski definition) is 6. The Labute approximate surface area is 195 Å². The highest BCUT2D eigenvalue weighted by atomic mass is 31.2. The minimum absolute atomic E-state index is 0.0500. The molecule has 0 aromatic heterocycles. The van der Waals surface area contributed by atoms with Crippen LogP contribution in [0.3, 0.4) is 0 Å². The molecule has 0 aliphatic carbocycles. The molecule has 34 heavy (non-hydrogen) atoms. The summed E-state index contributed by atoms with van der Waals surface area (Å²) < 4.78 is 68.6.